The largest absolute Gasteiger partial charge is 0.438 e. The first-order chi connectivity index (χ1) is 15.7. The highest BCUT2D eigenvalue weighted by Gasteiger charge is 2.22. The van der Waals surface area contributed by atoms with E-state index in [-0.39, 0.29) is 0 Å². The van der Waals surface area contributed by atoms with E-state index in [2.05, 4.69) is 62.2 Å². The predicted molar refractivity (Wildman–Crippen MR) is 135 cm³/mol. The molecule has 1 aliphatic carbocycles. The van der Waals surface area contributed by atoms with Gasteiger partial charge < -0.3 is 9.64 Å². The SMILES string of the molecule is Clc1ccc(C2CCN(CCC=C3C=C4CC(Br)=CC=C4Oc4ncccc43)CC2)cc1. The Bertz CT molecular complexity index is 1110. The van der Waals surface area contributed by atoms with Crippen LogP contribution in [0.3, 0.4) is 0 Å². The molecular formula is C27H26BrClN2O. The zero-order valence-electron chi connectivity index (χ0n) is 17.9. The first-order valence-corrected chi connectivity index (χ1v) is 12.4. The van der Waals surface area contributed by atoms with Gasteiger partial charge in [-0.2, -0.15) is 0 Å². The van der Waals surface area contributed by atoms with Crippen molar-refractivity contribution in [3.63, 3.8) is 0 Å². The Morgan fingerprint density at radius 3 is 2.75 bits per heavy atom. The summed E-state index contributed by atoms with van der Waals surface area (Å²) in [5.74, 6) is 2.22. The minimum Gasteiger partial charge on any atom is -0.438 e. The molecule has 0 saturated carbocycles. The molecular weight excluding hydrogens is 484 g/mol. The number of hydrogen-bond donors (Lipinski definition) is 0. The van der Waals surface area contributed by atoms with Gasteiger partial charge >= 0.3 is 0 Å². The lowest BCUT2D eigenvalue weighted by Gasteiger charge is -2.32. The van der Waals surface area contributed by atoms with Gasteiger partial charge in [0.15, 0.2) is 0 Å². The molecule has 0 unspecified atom stereocenters. The molecule has 164 valence electrons. The van der Waals surface area contributed by atoms with Crippen molar-refractivity contribution in [1.29, 1.82) is 0 Å². The Morgan fingerprint density at radius 1 is 1.12 bits per heavy atom. The van der Waals surface area contributed by atoms with Crippen LogP contribution >= 0.6 is 27.5 Å². The van der Waals surface area contributed by atoms with Crippen molar-refractivity contribution in [2.45, 2.75) is 31.6 Å². The molecule has 1 aromatic carbocycles. The Labute approximate surface area is 203 Å². The van der Waals surface area contributed by atoms with E-state index >= 15 is 0 Å². The molecule has 5 rings (SSSR count). The van der Waals surface area contributed by atoms with Crippen LogP contribution in [0.15, 0.2) is 82.7 Å². The Morgan fingerprint density at radius 2 is 1.94 bits per heavy atom. The van der Waals surface area contributed by atoms with Gasteiger partial charge in [0, 0.05) is 35.3 Å². The molecule has 2 aliphatic heterocycles. The van der Waals surface area contributed by atoms with Crippen LogP contribution < -0.4 is 4.74 Å². The van der Waals surface area contributed by atoms with E-state index in [1.165, 1.54) is 29.6 Å². The molecule has 5 heteroatoms. The number of ether oxygens (including phenoxy) is 1. The molecule has 0 radical (unpaired) electrons. The lowest BCUT2D eigenvalue weighted by molar-refractivity contribution is 0.216. The van der Waals surface area contributed by atoms with E-state index in [1.807, 2.05) is 24.3 Å². The standard InChI is InChI=1S/C27H26BrClN2O/c28-23-7-10-26-22(18-23)17-21(25-4-1-13-30-27(25)32-26)3-2-14-31-15-11-20(12-16-31)19-5-8-24(29)9-6-19/h1,3-10,13,17,20H,2,11-12,14-16,18H2. The molecule has 0 atom stereocenters. The lowest BCUT2D eigenvalue weighted by atomic mass is 9.89. The van der Waals surface area contributed by atoms with Crippen molar-refractivity contribution in [3.8, 4) is 5.88 Å². The molecule has 0 amide bonds. The summed E-state index contributed by atoms with van der Waals surface area (Å²) in [7, 11) is 0. The van der Waals surface area contributed by atoms with Crippen LogP contribution in [0.5, 0.6) is 5.88 Å². The van der Waals surface area contributed by atoms with E-state index < -0.39 is 0 Å². The summed E-state index contributed by atoms with van der Waals surface area (Å²) in [5, 5.41) is 0.814. The lowest BCUT2D eigenvalue weighted by Crippen LogP contribution is -2.33. The highest BCUT2D eigenvalue weighted by atomic mass is 79.9. The molecule has 3 nitrogen and oxygen atoms in total. The third-order valence-electron chi connectivity index (χ3n) is 6.45. The van der Waals surface area contributed by atoms with Gasteiger partial charge in [0.2, 0.25) is 5.88 Å². The second-order valence-electron chi connectivity index (χ2n) is 8.56. The van der Waals surface area contributed by atoms with Gasteiger partial charge in [-0.15, -0.1) is 0 Å². The van der Waals surface area contributed by atoms with Crippen molar-refractivity contribution in [3.05, 3.63) is 98.9 Å². The number of benzene rings is 1. The fourth-order valence-electron chi connectivity index (χ4n) is 4.68. The maximum atomic E-state index is 6.15. The van der Waals surface area contributed by atoms with E-state index in [4.69, 9.17) is 16.3 Å². The quantitative estimate of drug-likeness (QED) is 0.433. The maximum absolute atomic E-state index is 6.15. The van der Waals surface area contributed by atoms with Gasteiger partial charge in [-0.25, -0.2) is 4.98 Å². The number of piperidine rings is 1. The van der Waals surface area contributed by atoms with Gasteiger partial charge in [0.05, 0.1) is 0 Å². The van der Waals surface area contributed by atoms with Gasteiger partial charge in [0.25, 0.3) is 0 Å². The Kier molecular flexibility index (Phi) is 6.63. The van der Waals surface area contributed by atoms with Crippen molar-refractivity contribution >= 4 is 33.1 Å². The second kappa shape index (κ2) is 9.78. The number of allylic oxidation sites excluding steroid dienone is 6. The summed E-state index contributed by atoms with van der Waals surface area (Å²) >= 11 is 9.68. The zero-order chi connectivity index (χ0) is 21.9. The molecule has 0 N–H and O–H groups in total. The first kappa shape index (κ1) is 21.7. The Balaban J connectivity index is 1.25. The van der Waals surface area contributed by atoms with Crippen molar-refractivity contribution in [2.75, 3.05) is 19.6 Å². The third kappa shape index (κ3) is 4.93. The third-order valence-corrected chi connectivity index (χ3v) is 7.25. The second-order valence-corrected chi connectivity index (χ2v) is 10.0. The van der Waals surface area contributed by atoms with Crippen LogP contribution in [0.4, 0.5) is 0 Å². The predicted octanol–water partition coefficient (Wildman–Crippen LogP) is 7.27. The molecule has 0 spiro atoms. The summed E-state index contributed by atoms with van der Waals surface area (Å²) in [6, 6.07) is 12.5. The molecule has 0 bridgehead atoms. The molecule has 3 aliphatic rings. The highest BCUT2D eigenvalue weighted by Crippen LogP contribution is 2.38. The van der Waals surface area contributed by atoms with Crippen LogP contribution in [0.25, 0.3) is 5.57 Å². The number of hydrogen-bond acceptors (Lipinski definition) is 3. The van der Waals surface area contributed by atoms with Crippen molar-refractivity contribution in [1.82, 2.24) is 9.88 Å². The van der Waals surface area contributed by atoms with E-state index in [1.54, 1.807) is 6.20 Å². The molecule has 3 heterocycles. The summed E-state index contributed by atoms with van der Waals surface area (Å²) in [6.07, 6.45) is 14.7. The number of fused-ring (bicyclic) bond motifs is 2. The molecule has 1 saturated heterocycles. The number of pyridine rings is 1. The Hall–Kier alpha value is -2.14. The van der Waals surface area contributed by atoms with Crippen LogP contribution in [0.1, 0.15) is 42.7 Å². The van der Waals surface area contributed by atoms with Gasteiger partial charge in [-0.3, -0.25) is 0 Å². The number of likely N-dealkylation sites (tertiary alicyclic amines) is 1. The normalized spacial score (nSPS) is 20.4. The first-order valence-electron chi connectivity index (χ1n) is 11.2. The van der Waals surface area contributed by atoms with Crippen molar-refractivity contribution in [2.24, 2.45) is 0 Å². The van der Waals surface area contributed by atoms with Gasteiger partial charge in [-0.1, -0.05) is 45.7 Å². The minimum absolute atomic E-state index is 0.645. The molecule has 1 fully saturated rings. The van der Waals surface area contributed by atoms with Gasteiger partial charge in [-0.05, 0) is 96.4 Å². The van der Waals surface area contributed by atoms with Gasteiger partial charge in [0.1, 0.15) is 5.76 Å². The monoisotopic (exact) mass is 508 g/mol. The average Bonchev–Trinajstić information content (AvgIpc) is 2.96. The molecule has 2 aromatic rings. The zero-order valence-corrected chi connectivity index (χ0v) is 20.3. The summed E-state index contributed by atoms with van der Waals surface area (Å²) in [4.78, 5) is 7.07. The van der Waals surface area contributed by atoms with Crippen LogP contribution in [-0.4, -0.2) is 29.5 Å². The molecule has 32 heavy (non-hydrogen) atoms. The topological polar surface area (TPSA) is 25.4 Å². The summed E-state index contributed by atoms with van der Waals surface area (Å²) < 4.78 is 7.32. The smallest absolute Gasteiger partial charge is 0.227 e. The minimum atomic E-state index is 0.645. The van der Waals surface area contributed by atoms with Crippen LogP contribution in [0, 0.1) is 0 Å². The van der Waals surface area contributed by atoms with E-state index in [9.17, 15) is 0 Å². The van der Waals surface area contributed by atoms with Crippen LogP contribution in [0.2, 0.25) is 5.02 Å². The summed E-state index contributed by atoms with van der Waals surface area (Å²) in [6.45, 7) is 3.36. The fraction of sp³-hybridized carbons (Fsp3) is 0.296. The average molecular weight is 510 g/mol. The fourth-order valence-corrected chi connectivity index (χ4v) is 5.24. The van der Waals surface area contributed by atoms with Crippen molar-refractivity contribution < 1.29 is 4.74 Å². The van der Waals surface area contributed by atoms with Crippen LogP contribution in [-0.2, 0) is 0 Å². The highest BCUT2D eigenvalue weighted by molar-refractivity contribution is 9.11. The number of aromatic nitrogens is 1. The summed E-state index contributed by atoms with van der Waals surface area (Å²) in [5.41, 5.74) is 4.87. The van der Waals surface area contributed by atoms with E-state index in [0.717, 1.165) is 53.3 Å². The maximum Gasteiger partial charge on any atom is 0.227 e. The number of nitrogens with zero attached hydrogens (tertiary/aromatic N) is 2. The van der Waals surface area contributed by atoms with E-state index in [0.29, 0.717) is 11.8 Å². The number of halogens is 2. The molecule has 1 aromatic heterocycles. The number of rotatable bonds is 4.